The molecule has 8 heteroatoms. The van der Waals surface area contributed by atoms with Crippen LogP contribution in [0, 0.1) is 10.1 Å². The highest BCUT2D eigenvalue weighted by molar-refractivity contribution is 7.90. The van der Waals surface area contributed by atoms with Crippen molar-refractivity contribution in [3.63, 3.8) is 0 Å². The average Bonchev–Trinajstić information content (AvgIpc) is 2.54. The zero-order valence-corrected chi connectivity index (χ0v) is 12.9. The van der Waals surface area contributed by atoms with Crippen molar-refractivity contribution in [3.05, 3.63) is 69.8 Å². The van der Waals surface area contributed by atoms with Crippen molar-refractivity contribution in [1.29, 1.82) is 0 Å². The molecular formula is C15H13NO6S. The van der Waals surface area contributed by atoms with Gasteiger partial charge in [0.05, 0.1) is 33.8 Å². The highest BCUT2D eigenvalue weighted by atomic mass is 32.2. The Hall–Kier alpha value is -2.74. The van der Waals surface area contributed by atoms with Gasteiger partial charge in [-0.15, -0.1) is 0 Å². The lowest BCUT2D eigenvalue weighted by Gasteiger charge is -2.09. The minimum absolute atomic E-state index is 0.0222. The number of nitro groups is 1. The molecule has 0 heterocycles. The first kappa shape index (κ1) is 16.6. The van der Waals surface area contributed by atoms with E-state index in [-0.39, 0.29) is 16.0 Å². The van der Waals surface area contributed by atoms with Gasteiger partial charge >= 0.3 is 5.97 Å². The molecule has 0 amide bonds. The summed E-state index contributed by atoms with van der Waals surface area (Å²) in [6, 6.07) is 11.3. The van der Waals surface area contributed by atoms with Crippen molar-refractivity contribution in [3.8, 4) is 0 Å². The Morgan fingerprint density at radius 1 is 1.13 bits per heavy atom. The fourth-order valence-corrected chi connectivity index (χ4v) is 3.52. The molecule has 0 spiro atoms. The van der Waals surface area contributed by atoms with Crippen LogP contribution in [0.1, 0.15) is 15.9 Å². The van der Waals surface area contributed by atoms with Crippen LogP contribution in [-0.2, 0) is 20.3 Å². The summed E-state index contributed by atoms with van der Waals surface area (Å²) in [5.41, 5.74) is -0.762. The lowest BCUT2D eigenvalue weighted by atomic mass is 10.1. The first-order valence-electron chi connectivity index (χ1n) is 6.49. The van der Waals surface area contributed by atoms with Crippen LogP contribution in [0.25, 0.3) is 0 Å². The zero-order valence-electron chi connectivity index (χ0n) is 12.1. The van der Waals surface area contributed by atoms with Gasteiger partial charge in [-0.05, 0) is 18.2 Å². The maximum Gasteiger partial charge on any atom is 0.338 e. The summed E-state index contributed by atoms with van der Waals surface area (Å²) in [6.45, 7) is 0. The minimum Gasteiger partial charge on any atom is -0.465 e. The molecule has 0 aliphatic rings. The number of nitrogens with zero attached hydrogens (tertiary/aromatic N) is 1. The summed E-state index contributed by atoms with van der Waals surface area (Å²) < 4.78 is 29.5. The first-order valence-corrected chi connectivity index (χ1v) is 8.14. The van der Waals surface area contributed by atoms with Gasteiger partial charge in [-0.2, -0.15) is 0 Å². The van der Waals surface area contributed by atoms with E-state index in [1.807, 2.05) is 0 Å². The highest BCUT2D eigenvalue weighted by Gasteiger charge is 2.27. The van der Waals surface area contributed by atoms with Crippen LogP contribution in [0.15, 0.2) is 53.4 Å². The summed E-state index contributed by atoms with van der Waals surface area (Å²) in [5, 5.41) is 11.2. The van der Waals surface area contributed by atoms with Gasteiger partial charge < -0.3 is 4.74 Å². The van der Waals surface area contributed by atoms with Crippen molar-refractivity contribution in [2.24, 2.45) is 0 Å². The third-order valence-corrected chi connectivity index (χ3v) is 4.85. The highest BCUT2D eigenvalue weighted by Crippen LogP contribution is 2.27. The van der Waals surface area contributed by atoms with Crippen LogP contribution in [0.4, 0.5) is 5.69 Å². The predicted octanol–water partition coefficient (Wildman–Crippen LogP) is 2.36. The smallest absolute Gasteiger partial charge is 0.338 e. The standard InChI is InChI=1S/C15H13NO6S/c1-22-15(17)12-8-5-9-14(16(18)19)13(12)10-23(20,21)11-6-3-2-4-7-11/h2-9H,10H2,1H3. The van der Waals surface area contributed by atoms with E-state index in [0.717, 1.165) is 13.2 Å². The molecule has 0 bridgehead atoms. The molecule has 7 nitrogen and oxygen atoms in total. The summed E-state index contributed by atoms with van der Waals surface area (Å²) in [5.74, 6) is -1.49. The summed E-state index contributed by atoms with van der Waals surface area (Å²) in [6.07, 6.45) is 0. The molecule has 0 aliphatic carbocycles. The van der Waals surface area contributed by atoms with Gasteiger partial charge in [0, 0.05) is 6.07 Å². The Kier molecular flexibility index (Phi) is 4.75. The Morgan fingerprint density at radius 2 is 1.78 bits per heavy atom. The second-order valence-corrected chi connectivity index (χ2v) is 6.61. The van der Waals surface area contributed by atoms with Crippen LogP contribution in [-0.4, -0.2) is 26.4 Å². The number of hydrogen-bond acceptors (Lipinski definition) is 6. The van der Waals surface area contributed by atoms with E-state index in [1.165, 1.54) is 24.3 Å². The number of carbonyl (C=O) groups is 1. The van der Waals surface area contributed by atoms with Gasteiger partial charge in [0.1, 0.15) is 0 Å². The largest absolute Gasteiger partial charge is 0.465 e. The molecule has 0 unspecified atom stereocenters. The van der Waals surface area contributed by atoms with Gasteiger partial charge in [-0.25, -0.2) is 13.2 Å². The third kappa shape index (κ3) is 3.54. The molecule has 2 rings (SSSR count). The molecule has 0 saturated heterocycles. The van der Waals surface area contributed by atoms with Crippen LogP contribution >= 0.6 is 0 Å². The zero-order chi connectivity index (χ0) is 17.0. The van der Waals surface area contributed by atoms with Crippen molar-refractivity contribution in [1.82, 2.24) is 0 Å². The summed E-state index contributed by atoms with van der Waals surface area (Å²) in [7, 11) is -2.72. The van der Waals surface area contributed by atoms with E-state index in [1.54, 1.807) is 18.2 Å². The number of benzene rings is 2. The Morgan fingerprint density at radius 3 is 2.35 bits per heavy atom. The van der Waals surface area contributed by atoms with Crippen LogP contribution in [0.2, 0.25) is 0 Å². The van der Waals surface area contributed by atoms with E-state index >= 15 is 0 Å². The SMILES string of the molecule is COC(=O)c1cccc([N+](=O)[O-])c1CS(=O)(=O)c1ccccc1. The number of sulfone groups is 1. The molecule has 2 aromatic rings. The van der Waals surface area contributed by atoms with Gasteiger partial charge in [0.25, 0.3) is 5.69 Å². The number of methoxy groups -OCH3 is 1. The average molecular weight is 335 g/mol. The van der Waals surface area contributed by atoms with Crippen LogP contribution in [0.3, 0.4) is 0 Å². The molecular weight excluding hydrogens is 322 g/mol. The number of carbonyl (C=O) groups excluding carboxylic acids is 1. The summed E-state index contributed by atoms with van der Waals surface area (Å²) >= 11 is 0. The first-order chi connectivity index (χ1) is 10.9. The molecule has 0 atom stereocenters. The van der Waals surface area contributed by atoms with Crippen LogP contribution < -0.4 is 0 Å². The van der Waals surface area contributed by atoms with E-state index in [9.17, 15) is 23.3 Å². The Labute approximate surface area is 132 Å². The Balaban J connectivity index is 2.58. The molecule has 0 aromatic heterocycles. The van der Waals surface area contributed by atoms with Gasteiger partial charge in [0.15, 0.2) is 9.84 Å². The van der Waals surface area contributed by atoms with E-state index in [0.29, 0.717) is 0 Å². The quantitative estimate of drug-likeness (QED) is 0.472. The fraction of sp³-hybridized carbons (Fsp3) is 0.133. The second kappa shape index (κ2) is 6.57. The second-order valence-electron chi connectivity index (χ2n) is 4.62. The number of esters is 1. The lowest BCUT2D eigenvalue weighted by Crippen LogP contribution is -2.13. The topological polar surface area (TPSA) is 104 Å². The maximum atomic E-state index is 12.5. The number of hydrogen-bond donors (Lipinski definition) is 0. The number of rotatable bonds is 5. The number of ether oxygens (including phenoxy) is 1. The van der Waals surface area contributed by atoms with E-state index in [2.05, 4.69) is 4.74 Å². The Bertz CT molecular complexity index is 846. The third-order valence-electron chi connectivity index (χ3n) is 3.19. The van der Waals surface area contributed by atoms with Crippen LogP contribution in [0.5, 0.6) is 0 Å². The van der Waals surface area contributed by atoms with Gasteiger partial charge in [-0.1, -0.05) is 24.3 Å². The molecule has 0 radical (unpaired) electrons. The van der Waals surface area contributed by atoms with Gasteiger partial charge in [0.2, 0.25) is 0 Å². The fourth-order valence-electron chi connectivity index (χ4n) is 2.10. The molecule has 0 saturated carbocycles. The molecule has 0 aliphatic heterocycles. The number of nitro benzene ring substituents is 1. The monoisotopic (exact) mass is 335 g/mol. The maximum absolute atomic E-state index is 12.5. The molecule has 2 aromatic carbocycles. The molecule has 120 valence electrons. The van der Waals surface area contributed by atoms with Crippen molar-refractivity contribution >= 4 is 21.5 Å². The summed E-state index contributed by atoms with van der Waals surface area (Å²) in [4.78, 5) is 22.3. The lowest BCUT2D eigenvalue weighted by molar-refractivity contribution is -0.385. The van der Waals surface area contributed by atoms with E-state index < -0.39 is 32.2 Å². The van der Waals surface area contributed by atoms with Crippen molar-refractivity contribution in [2.45, 2.75) is 10.6 Å². The van der Waals surface area contributed by atoms with Crippen molar-refractivity contribution < 1.29 is 22.9 Å². The van der Waals surface area contributed by atoms with E-state index in [4.69, 9.17) is 0 Å². The molecule has 0 N–H and O–H groups in total. The minimum atomic E-state index is -3.85. The predicted molar refractivity (Wildman–Crippen MR) is 81.8 cm³/mol. The molecule has 23 heavy (non-hydrogen) atoms. The normalized spacial score (nSPS) is 11.0. The molecule has 0 fully saturated rings. The van der Waals surface area contributed by atoms with Crippen molar-refractivity contribution in [2.75, 3.05) is 7.11 Å². The van der Waals surface area contributed by atoms with Gasteiger partial charge in [-0.3, -0.25) is 10.1 Å².